The molecule has 0 radical (unpaired) electrons. The van der Waals surface area contributed by atoms with Gasteiger partial charge in [-0.05, 0) is 17.7 Å². The number of thiazole rings is 1. The largest absolute Gasteiger partial charge is 0.494 e. The minimum Gasteiger partial charge on any atom is -0.494 e. The van der Waals surface area contributed by atoms with Crippen molar-refractivity contribution in [2.24, 2.45) is 0 Å². The molecule has 0 fully saturated rings. The van der Waals surface area contributed by atoms with Gasteiger partial charge in [0.25, 0.3) is 0 Å². The average molecular weight is 252 g/mol. The van der Waals surface area contributed by atoms with E-state index in [4.69, 9.17) is 4.74 Å². The SMILES string of the molecule is CNc1nc(Cc2ccc(OC)c(F)c2)cs1. The summed E-state index contributed by atoms with van der Waals surface area (Å²) in [5, 5.41) is 5.81. The molecule has 2 rings (SSSR count). The number of halogens is 1. The van der Waals surface area contributed by atoms with E-state index >= 15 is 0 Å². The van der Waals surface area contributed by atoms with Crippen molar-refractivity contribution in [3.8, 4) is 5.75 Å². The van der Waals surface area contributed by atoms with Crippen LogP contribution in [0.25, 0.3) is 0 Å². The zero-order valence-electron chi connectivity index (χ0n) is 9.66. The highest BCUT2D eigenvalue weighted by atomic mass is 32.1. The normalized spacial score (nSPS) is 10.3. The van der Waals surface area contributed by atoms with Crippen LogP contribution in [0.5, 0.6) is 5.75 Å². The van der Waals surface area contributed by atoms with Gasteiger partial charge in [-0.15, -0.1) is 11.3 Å². The van der Waals surface area contributed by atoms with E-state index in [2.05, 4.69) is 10.3 Å². The fourth-order valence-corrected chi connectivity index (χ4v) is 2.20. The Labute approximate surface area is 103 Å². The molecule has 0 saturated heterocycles. The van der Waals surface area contributed by atoms with Crippen molar-refractivity contribution in [3.05, 3.63) is 40.7 Å². The number of benzene rings is 1. The number of rotatable bonds is 4. The smallest absolute Gasteiger partial charge is 0.182 e. The molecule has 0 spiro atoms. The van der Waals surface area contributed by atoms with Crippen LogP contribution in [0.15, 0.2) is 23.6 Å². The van der Waals surface area contributed by atoms with Crippen LogP contribution in [-0.2, 0) is 6.42 Å². The van der Waals surface area contributed by atoms with Crippen molar-refractivity contribution in [3.63, 3.8) is 0 Å². The Morgan fingerprint density at radius 2 is 2.29 bits per heavy atom. The van der Waals surface area contributed by atoms with Gasteiger partial charge in [-0.1, -0.05) is 6.07 Å². The van der Waals surface area contributed by atoms with Gasteiger partial charge >= 0.3 is 0 Å². The highest BCUT2D eigenvalue weighted by molar-refractivity contribution is 7.13. The van der Waals surface area contributed by atoms with E-state index in [0.29, 0.717) is 6.42 Å². The molecule has 5 heteroatoms. The van der Waals surface area contributed by atoms with Gasteiger partial charge in [-0.25, -0.2) is 9.37 Å². The molecule has 1 heterocycles. The summed E-state index contributed by atoms with van der Waals surface area (Å²) in [5.41, 5.74) is 1.82. The molecule has 1 aromatic carbocycles. The average Bonchev–Trinajstić information content (AvgIpc) is 2.77. The lowest BCUT2D eigenvalue weighted by Gasteiger charge is -2.03. The first kappa shape index (κ1) is 11.9. The van der Waals surface area contributed by atoms with Gasteiger partial charge < -0.3 is 10.1 Å². The first-order valence-corrected chi connectivity index (χ1v) is 6.05. The molecule has 3 nitrogen and oxygen atoms in total. The van der Waals surface area contributed by atoms with Gasteiger partial charge in [-0.3, -0.25) is 0 Å². The van der Waals surface area contributed by atoms with Crippen LogP contribution in [0.4, 0.5) is 9.52 Å². The Morgan fingerprint density at radius 3 is 2.88 bits per heavy atom. The third kappa shape index (κ3) is 2.74. The maximum atomic E-state index is 13.5. The maximum Gasteiger partial charge on any atom is 0.182 e. The van der Waals surface area contributed by atoms with Crippen molar-refractivity contribution in [1.82, 2.24) is 4.98 Å². The van der Waals surface area contributed by atoms with E-state index in [1.165, 1.54) is 24.5 Å². The fourth-order valence-electron chi connectivity index (χ4n) is 1.53. The number of anilines is 1. The molecule has 1 N–H and O–H groups in total. The van der Waals surface area contributed by atoms with Crippen LogP contribution in [0.3, 0.4) is 0 Å². The number of hydrogen-bond donors (Lipinski definition) is 1. The molecule has 0 saturated carbocycles. The summed E-state index contributed by atoms with van der Waals surface area (Å²) in [7, 11) is 3.29. The summed E-state index contributed by atoms with van der Waals surface area (Å²) in [6, 6.07) is 4.97. The van der Waals surface area contributed by atoms with Crippen molar-refractivity contribution >= 4 is 16.5 Å². The minimum absolute atomic E-state index is 0.267. The van der Waals surface area contributed by atoms with Gasteiger partial charge in [0.2, 0.25) is 0 Å². The molecule has 17 heavy (non-hydrogen) atoms. The molecular formula is C12H13FN2OS. The molecule has 0 bridgehead atoms. The van der Waals surface area contributed by atoms with Gasteiger partial charge in [0.15, 0.2) is 16.7 Å². The third-order valence-electron chi connectivity index (χ3n) is 2.37. The number of nitrogens with zero attached hydrogens (tertiary/aromatic N) is 1. The lowest BCUT2D eigenvalue weighted by atomic mass is 10.1. The second kappa shape index (κ2) is 5.14. The minimum atomic E-state index is -0.339. The summed E-state index contributed by atoms with van der Waals surface area (Å²) in [6.07, 6.45) is 0.624. The number of aromatic nitrogens is 1. The molecular weight excluding hydrogens is 239 g/mol. The Morgan fingerprint density at radius 1 is 1.47 bits per heavy atom. The molecule has 0 amide bonds. The van der Waals surface area contributed by atoms with E-state index in [9.17, 15) is 4.39 Å². The first-order valence-electron chi connectivity index (χ1n) is 5.17. The molecule has 0 aliphatic rings. The van der Waals surface area contributed by atoms with Crippen LogP contribution in [-0.4, -0.2) is 19.1 Å². The predicted octanol–water partition coefficient (Wildman–Crippen LogP) is 2.92. The fraction of sp³-hybridized carbons (Fsp3) is 0.250. The molecule has 1 aromatic heterocycles. The van der Waals surface area contributed by atoms with Crippen LogP contribution in [0.1, 0.15) is 11.3 Å². The maximum absolute atomic E-state index is 13.5. The number of ether oxygens (including phenoxy) is 1. The Hall–Kier alpha value is -1.62. The number of nitrogens with one attached hydrogen (secondary N) is 1. The Bertz CT molecular complexity index is 513. The van der Waals surface area contributed by atoms with Gasteiger partial charge in [-0.2, -0.15) is 0 Å². The van der Waals surface area contributed by atoms with Gasteiger partial charge in [0.05, 0.1) is 12.8 Å². The Balaban J connectivity index is 2.15. The van der Waals surface area contributed by atoms with E-state index in [1.807, 2.05) is 18.5 Å². The number of hydrogen-bond acceptors (Lipinski definition) is 4. The standard InChI is InChI=1S/C12H13FN2OS/c1-14-12-15-9(7-17-12)5-8-3-4-11(16-2)10(13)6-8/h3-4,6-7H,5H2,1-2H3,(H,14,15). The highest BCUT2D eigenvalue weighted by Crippen LogP contribution is 2.21. The summed E-state index contributed by atoms with van der Waals surface area (Å²) < 4.78 is 18.3. The lowest BCUT2D eigenvalue weighted by molar-refractivity contribution is 0.386. The molecule has 0 atom stereocenters. The summed E-state index contributed by atoms with van der Waals surface area (Å²) in [5.74, 6) is -0.0722. The van der Waals surface area contributed by atoms with Crippen LogP contribution < -0.4 is 10.1 Å². The molecule has 0 aliphatic heterocycles. The van der Waals surface area contributed by atoms with E-state index in [0.717, 1.165) is 16.4 Å². The molecule has 0 aliphatic carbocycles. The van der Waals surface area contributed by atoms with Gasteiger partial charge in [0, 0.05) is 18.8 Å². The van der Waals surface area contributed by atoms with E-state index < -0.39 is 0 Å². The van der Waals surface area contributed by atoms with Crippen molar-refractivity contribution < 1.29 is 9.13 Å². The third-order valence-corrected chi connectivity index (χ3v) is 3.28. The number of methoxy groups -OCH3 is 1. The lowest BCUT2D eigenvalue weighted by Crippen LogP contribution is -1.93. The highest BCUT2D eigenvalue weighted by Gasteiger charge is 2.06. The summed E-state index contributed by atoms with van der Waals surface area (Å²) in [4.78, 5) is 4.35. The molecule has 2 aromatic rings. The zero-order chi connectivity index (χ0) is 12.3. The zero-order valence-corrected chi connectivity index (χ0v) is 10.5. The summed E-state index contributed by atoms with van der Waals surface area (Å²) in [6.45, 7) is 0. The van der Waals surface area contributed by atoms with Crippen LogP contribution in [0.2, 0.25) is 0 Å². The van der Waals surface area contributed by atoms with Crippen LogP contribution >= 0.6 is 11.3 Å². The van der Waals surface area contributed by atoms with Crippen molar-refractivity contribution in [2.45, 2.75) is 6.42 Å². The summed E-state index contributed by atoms with van der Waals surface area (Å²) >= 11 is 1.54. The topological polar surface area (TPSA) is 34.2 Å². The van der Waals surface area contributed by atoms with Crippen molar-refractivity contribution in [1.29, 1.82) is 0 Å². The first-order chi connectivity index (χ1) is 8.22. The monoisotopic (exact) mass is 252 g/mol. The molecule has 0 unspecified atom stereocenters. The predicted molar refractivity (Wildman–Crippen MR) is 67.4 cm³/mol. The van der Waals surface area contributed by atoms with Crippen LogP contribution in [0, 0.1) is 5.82 Å². The second-order valence-electron chi connectivity index (χ2n) is 3.54. The quantitative estimate of drug-likeness (QED) is 0.908. The van der Waals surface area contributed by atoms with E-state index in [1.54, 1.807) is 6.07 Å². The second-order valence-corrected chi connectivity index (χ2v) is 4.40. The van der Waals surface area contributed by atoms with E-state index in [-0.39, 0.29) is 11.6 Å². The molecule has 90 valence electrons. The van der Waals surface area contributed by atoms with Crippen molar-refractivity contribution in [2.75, 3.05) is 19.5 Å². The van der Waals surface area contributed by atoms with Gasteiger partial charge in [0.1, 0.15) is 0 Å². The Kier molecular flexibility index (Phi) is 3.58.